The predicted molar refractivity (Wildman–Crippen MR) is 94.7 cm³/mol. The number of hydrogen-bond donors (Lipinski definition) is 0. The van der Waals surface area contributed by atoms with Crippen LogP contribution in [0.1, 0.15) is 24.7 Å². The molecular weight excluding hydrogens is 417 g/mol. The highest BCUT2D eigenvalue weighted by atomic mass is 79.9. The summed E-state index contributed by atoms with van der Waals surface area (Å²) in [6, 6.07) is 8.01. The quantitative estimate of drug-likeness (QED) is 0.595. The second-order valence-corrected chi connectivity index (χ2v) is 6.63. The summed E-state index contributed by atoms with van der Waals surface area (Å²) in [5, 5.41) is 6.71. The second-order valence-electron chi connectivity index (χ2n) is 5.10. The fourth-order valence-corrected chi connectivity index (χ4v) is 4.65. The van der Waals surface area contributed by atoms with Crippen LogP contribution in [0.2, 0.25) is 5.02 Å². The van der Waals surface area contributed by atoms with Crippen molar-refractivity contribution in [3.8, 4) is 0 Å². The topological polar surface area (TPSA) is 30.7 Å². The second kappa shape index (κ2) is 7.75. The lowest BCUT2D eigenvalue weighted by Crippen LogP contribution is -2.34. The third kappa shape index (κ3) is 3.69. The van der Waals surface area contributed by atoms with E-state index in [4.69, 9.17) is 11.6 Å². The van der Waals surface area contributed by atoms with Gasteiger partial charge in [-0.2, -0.15) is 5.10 Å². The van der Waals surface area contributed by atoms with Gasteiger partial charge in [0.25, 0.3) is 0 Å². The van der Waals surface area contributed by atoms with Crippen molar-refractivity contribution < 1.29 is 0 Å². The Labute approximate surface area is 147 Å². The first kappa shape index (κ1) is 17.0. The molecule has 0 bridgehead atoms. The van der Waals surface area contributed by atoms with Crippen molar-refractivity contribution in [2.75, 3.05) is 10.7 Å². The van der Waals surface area contributed by atoms with Gasteiger partial charge in [0, 0.05) is 34.1 Å². The van der Waals surface area contributed by atoms with Crippen molar-refractivity contribution in [2.45, 2.75) is 31.7 Å². The molecule has 21 heavy (non-hydrogen) atoms. The van der Waals surface area contributed by atoms with Crippen LogP contribution in [0, 0.1) is 0 Å². The first-order valence-corrected chi connectivity index (χ1v) is 9.52. The fourth-order valence-electron chi connectivity index (χ4n) is 2.39. The molecule has 6 heteroatoms. The first-order chi connectivity index (χ1) is 10.2. The molecule has 1 aromatic carbocycles. The van der Waals surface area contributed by atoms with E-state index in [1.165, 1.54) is 0 Å². The summed E-state index contributed by atoms with van der Waals surface area (Å²) in [7, 11) is 0. The van der Waals surface area contributed by atoms with Gasteiger partial charge in [-0.3, -0.25) is 4.68 Å². The molecule has 2 aromatic rings. The maximum Gasteiger partial charge on any atom is 0.138 e. The minimum absolute atomic E-state index is 0.142. The highest BCUT2D eigenvalue weighted by Gasteiger charge is 2.34. The standard InChI is InChI=1S/C15H18Br2ClN3/c1-2-7-21-14(19-11-20-21)8-15(9-16,10-17)12-5-3-4-6-13(12)18/h3-6,11H,2,7-10H2,1H3. The zero-order chi connectivity index (χ0) is 15.3. The molecule has 0 aliphatic heterocycles. The molecule has 0 saturated heterocycles. The molecule has 3 nitrogen and oxygen atoms in total. The molecule has 114 valence electrons. The third-order valence-corrected chi connectivity index (χ3v) is 6.06. The average Bonchev–Trinajstić information content (AvgIpc) is 2.93. The molecule has 0 saturated carbocycles. The summed E-state index contributed by atoms with van der Waals surface area (Å²) in [5.41, 5.74) is 0.989. The van der Waals surface area contributed by atoms with Gasteiger partial charge in [-0.25, -0.2) is 4.98 Å². The zero-order valence-corrected chi connectivity index (χ0v) is 15.8. The van der Waals surface area contributed by atoms with Gasteiger partial charge in [0.2, 0.25) is 0 Å². The van der Waals surface area contributed by atoms with Crippen molar-refractivity contribution in [3.05, 3.63) is 47.0 Å². The van der Waals surface area contributed by atoms with Crippen LogP contribution in [-0.4, -0.2) is 25.4 Å². The number of rotatable bonds is 7. The third-order valence-electron chi connectivity index (χ3n) is 3.58. The van der Waals surface area contributed by atoms with Crippen LogP contribution in [0.4, 0.5) is 0 Å². The molecule has 0 aliphatic carbocycles. The summed E-state index contributed by atoms with van der Waals surface area (Å²) in [6.07, 6.45) is 3.45. The van der Waals surface area contributed by atoms with Gasteiger partial charge in [-0.15, -0.1) is 0 Å². The molecule has 1 aromatic heterocycles. The van der Waals surface area contributed by atoms with E-state index < -0.39 is 0 Å². The Kier molecular flexibility index (Phi) is 6.26. The molecule has 0 atom stereocenters. The summed E-state index contributed by atoms with van der Waals surface area (Å²) in [6.45, 7) is 3.03. The van der Waals surface area contributed by atoms with Gasteiger partial charge in [-0.1, -0.05) is 68.6 Å². The Morgan fingerprint density at radius 1 is 1.24 bits per heavy atom. The molecule has 0 radical (unpaired) electrons. The normalized spacial score (nSPS) is 11.8. The van der Waals surface area contributed by atoms with Gasteiger partial charge < -0.3 is 0 Å². The van der Waals surface area contributed by atoms with Gasteiger partial charge in [0.15, 0.2) is 0 Å². The van der Waals surface area contributed by atoms with E-state index >= 15 is 0 Å². The molecule has 1 heterocycles. The van der Waals surface area contributed by atoms with Crippen molar-refractivity contribution >= 4 is 43.5 Å². The van der Waals surface area contributed by atoms with E-state index in [2.05, 4.69) is 54.9 Å². The van der Waals surface area contributed by atoms with Crippen molar-refractivity contribution in [1.29, 1.82) is 0 Å². The number of halogens is 3. The largest absolute Gasteiger partial charge is 0.250 e. The van der Waals surface area contributed by atoms with Crippen LogP contribution >= 0.6 is 43.5 Å². The Balaban J connectivity index is 2.39. The summed E-state index contributed by atoms with van der Waals surface area (Å²) in [5.74, 6) is 0.996. The highest BCUT2D eigenvalue weighted by molar-refractivity contribution is 9.09. The molecule has 0 fully saturated rings. The smallest absolute Gasteiger partial charge is 0.138 e. The maximum atomic E-state index is 6.42. The van der Waals surface area contributed by atoms with E-state index in [9.17, 15) is 0 Å². The van der Waals surface area contributed by atoms with Crippen LogP contribution in [-0.2, 0) is 18.4 Å². The minimum Gasteiger partial charge on any atom is -0.250 e. The van der Waals surface area contributed by atoms with Gasteiger partial charge >= 0.3 is 0 Å². The number of benzene rings is 1. The van der Waals surface area contributed by atoms with Crippen LogP contribution in [0.25, 0.3) is 0 Å². The predicted octanol–water partition coefficient (Wildman–Crippen LogP) is 4.61. The Morgan fingerprint density at radius 2 is 1.95 bits per heavy atom. The Bertz CT molecular complexity index is 582. The molecular formula is C15H18Br2ClN3. The van der Waals surface area contributed by atoms with E-state index in [1.807, 2.05) is 22.9 Å². The molecule has 0 aliphatic rings. The van der Waals surface area contributed by atoms with Gasteiger partial charge in [-0.05, 0) is 18.1 Å². The van der Waals surface area contributed by atoms with Gasteiger partial charge in [0.1, 0.15) is 12.2 Å². The number of hydrogen-bond acceptors (Lipinski definition) is 2. The van der Waals surface area contributed by atoms with E-state index in [0.29, 0.717) is 0 Å². The monoisotopic (exact) mass is 433 g/mol. The zero-order valence-electron chi connectivity index (χ0n) is 11.9. The van der Waals surface area contributed by atoms with E-state index in [0.717, 1.165) is 46.5 Å². The Morgan fingerprint density at radius 3 is 2.57 bits per heavy atom. The van der Waals surface area contributed by atoms with Crippen molar-refractivity contribution in [1.82, 2.24) is 14.8 Å². The SMILES string of the molecule is CCCn1ncnc1CC(CBr)(CBr)c1ccccc1Cl. The molecule has 0 unspecified atom stereocenters. The lowest BCUT2D eigenvalue weighted by atomic mass is 9.81. The van der Waals surface area contributed by atoms with Crippen LogP contribution < -0.4 is 0 Å². The highest BCUT2D eigenvalue weighted by Crippen LogP contribution is 2.36. The summed E-state index contributed by atoms with van der Waals surface area (Å²) >= 11 is 13.8. The minimum atomic E-state index is -0.142. The van der Waals surface area contributed by atoms with Crippen molar-refractivity contribution in [3.63, 3.8) is 0 Å². The lowest BCUT2D eigenvalue weighted by Gasteiger charge is -2.31. The molecule has 0 spiro atoms. The number of alkyl halides is 2. The molecule has 0 N–H and O–H groups in total. The van der Waals surface area contributed by atoms with E-state index in [1.54, 1.807) is 6.33 Å². The first-order valence-electron chi connectivity index (χ1n) is 6.90. The Hall–Kier alpha value is -0.390. The van der Waals surface area contributed by atoms with Crippen molar-refractivity contribution in [2.24, 2.45) is 0 Å². The van der Waals surface area contributed by atoms with Gasteiger partial charge in [0.05, 0.1) is 0 Å². The number of nitrogens with zero attached hydrogens (tertiary/aromatic N) is 3. The average molecular weight is 436 g/mol. The summed E-state index contributed by atoms with van der Waals surface area (Å²) in [4.78, 5) is 4.44. The summed E-state index contributed by atoms with van der Waals surface area (Å²) < 4.78 is 1.98. The van der Waals surface area contributed by atoms with E-state index in [-0.39, 0.29) is 5.41 Å². The fraction of sp³-hybridized carbons (Fsp3) is 0.467. The number of aryl methyl sites for hydroxylation is 1. The van der Waals surface area contributed by atoms with Crippen LogP contribution in [0.3, 0.4) is 0 Å². The lowest BCUT2D eigenvalue weighted by molar-refractivity contribution is 0.489. The number of aromatic nitrogens is 3. The van der Waals surface area contributed by atoms with Crippen LogP contribution in [0.5, 0.6) is 0 Å². The maximum absolute atomic E-state index is 6.42. The molecule has 0 amide bonds. The van der Waals surface area contributed by atoms with Crippen LogP contribution in [0.15, 0.2) is 30.6 Å². The molecule has 2 rings (SSSR count).